The number of unbranched alkanes of at least 4 members (excludes halogenated alkanes) is 2. The number of hydrogen-bond acceptors (Lipinski definition) is 2. The van der Waals surface area contributed by atoms with Gasteiger partial charge in [0.05, 0.1) is 6.54 Å². The van der Waals surface area contributed by atoms with E-state index in [0.29, 0.717) is 18.7 Å². The van der Waals surface area contributed by atoms with Crippen molar-refractivity contribution in [2.45, 2.75) is 97.2 Å². The molecule has 5 nitrogen and oxygen atoms in total. The Hall–Kier alpha value is -3.34. The Balaban J connectivity index is 1.51. The van der Waals surface area contributed by atoms with Gasteiger partial charge in [-0.1, -0.05) is 88.4 Å². The fourth-order valence-corrected chi connectivity index (χ4v) is 5.75. The molecule has 4 rings (SSSR count). The maximum absolute atomic E-state index is 14.0. The van der Waals surface area contributed by atoms with Crippen LogP contribution in [0.2, 0.25) is 0 Å². The lowest BCUT2D eigenvalue weighted by atomic mass is 9.94. The van der Waals surface area contributed by atoms with Gasteiger partial charge in [-0.2, -0.15) is 0 Å². The molecule has 1 aliphatic carbocycles. The SMILES string of the molecule is CCCCc1ccc(C(=O)N(CCCC)CC(=O)N(Cc2cccn2Cc2ccccc2)C2CCCCC2)cc1. The summed E-state index contributed by atoms with van der Waals surface area (Å²) < 4.78 is 2.25. The van der Waals surface area contributed by atoms with Crippen molar-refractivity contribution in [3.63, 3.8) is 0 Å². The fraction of sp³-hybridized carbons (Fsp3) is 0.486. The molecule has 1 aromatic heterocycles. The van der Waals surface area contributed by atoms with Crippen LogP contribution in [0.15, 0.2) is 72.9 Å². The minimum atomic E-state index is -0.0418. The molecular weight excluding hydrogens is 494 g/mol. The molecule has 1 saturated carbocycles. The maximum atomic E-state index is 14.0. The largest absolute Gasteiger partial charge is 0.345 e. The van der Waals surface area contributed by atoms with Crippen molar-refractivity contribution in [1.82, 2.24) is 14.4 Å². The van der Waals surface area contributed by atoms with Gasteiger partial charge in [0.1, 0.15) is 6.54 Å². The van der Waals surface area contributed by atoms with E-state index in [-0.39, 0.29) is 24.4 Å². The number of rotatable bonds is 14. The van der Waals surface area contributed by atoms with Crippen LogP contribution < -0.4 is 0 Å². The van der Waals surface area contributed by atoms with Crippen LogP contribution in [0.5, 0.6) is 0 Å². The minimum Gasteiger partial charge on any atom is -0.345 e. The summed E-state index contributed by atoms with van der Waals surface area (Å²) in [7, 11) is 0. The third-order valence-corrected chi connectivity index (χ3v) is 8.20. The summed E-state index contributed by atoms with van der Waals surface area (Å²) in [5, 5.41) is 0. The molecule has 0 aliphatic heterocycles. The van der Waals surface area contributed by atoms with Crippen LogP contribution in [-0.2, 0) is 24.3 Å². The zero-order valence-corrected chi connectivity index (χ0v) is 24.6. The Morgan fingerprint density at radius 2 is 1.55 bits per heavy atom. The second-order valence-electron chi connectivity index (χ2n) is 11.3. The number of carbonyl (C=O) groups is 2. The van der Waals surface area contributed by atoms with E-state index in [9.17, 15) is 9.59 Å². The number of aromatic nitrogens is 1. The molecule has 1 fully saturated rings. The third-order valence-electron chi connectivity index (χ3n) is 8.20. The molecule has 2 amide bonds. The zero-order chi connectivity index (χ0) is 28.2. The van der Waals surface area contributed by atoms with E-state index in [2.05, 4.69) is 78.0 Å². The Kier molecular flexibility index (Phi) is 11.4. The first-order chi connectivity index (χ1) is 19.6. The van der Waals surface area contributed by atoms with Crippen molar-refractivity contribution >= 4 is 11.8 Å². The summed E-state index contributed by atoms with van der Waals surface area (Å²) in [4.78, 5) is 31.5. The standard InChI is InChI=1S/C35H47N3O2/c1-3-5-14-29-20-22-31(23-21-29)35(40)37(24-6-4-2)28-34(39)38(32-17-11-8-12-18-32)27-33-19-13-25-36(33)26-30-15-9-7-10-16-30/h7,9-10,13,15-16,19-23,25,32H,3-6,8,11-12,14,17-18,24,26-28H2,1-2H3. The van der Waals surface area contributed by atoms with E-state index in [1.165, 1.54) is 17.5 Å². The van der Waals surface area contributed by atoms with Gasteiger partial charge in [-0.3, -0.25) is 9.59 Å². The number of aryl methyl sites for hydroxylation is 1. The first-order valence-corrected chi connectivity index (χ1v) is 15.4. The van der Waals surface area contributed by atoms with Crippen LogP contribution in [-0.4, -0.2) is 45.3 Å². The molecule has 0 radical (unpaired) electrons. The molecule has 1 aliphatic rings. The molecule has 0 saturated heterocycles. The number of carbonyl (C=O) groups excluding carboxylic acids is 2. The zero-order valence-electron chi connectivity index (χ0n) is 24.6. The summed E-state index contributed by atoms with van der Waals surface area (Å²) in [5.74, 6) is 0.0169. The van der Waals surface area contributed by atoms with Gasteiger partial charge < -0.3 is 14.4 Å². The van der Waals surface area contributed by atoms with Gasteiger partial charge in [-0.25, -0.2) is 0 Å². The molecular formula is C35H47N3O2. The van der Waals surface area contributed by atoms with Crippen LogP contribution in [0.1, 0.15) is 98.8 Å². The molecule has 2 aromatic carbocycles. The van der Waals surface area contributed by atoms with E-state index >= 15 is 0 Å². The molecule has 214 valence electrons. The number of nitrogens with zero attached hydrogens (tertiary/aromatic N) is 3. The van der Waals surface area contributed by atoms with E-state index in [1.807, 2.05) is 18.2 Å². The number of hydrogen-bond donors (Lipinski definition) is 0. The van der Waals surface area contributed by atoms with E-state index in [0.717, 1.165) is 70.0 Å². The third kappa shape index (κ3) is 8.33. The summed E-state index contributed by atoms with van der Waals surface area (Å²) >= 11 is 0. The highest BCUT2D eigenvalue weighted by Gasteiger charge is 2.29. The summed E-state index contributed by atoms with van der Waals surface area (Å²) in [5.41, 5.74) is 4.31. The Labute approximate surface area is 241 Å². The first kappa shape index (κ1) is 29.6. The normalized spacial score (nSPS) is 13.8. The van der Waals surface area contributed by atoms with Gasteiger partial charge >= 0.3 is 0 Å². The average molecular weight is 542 g/mol. The molecule has 1 heterocycles. The van der Waals surface area contributed by atoms with E-state index in [1.54, 1.807) is 4.90 Å². The Morgan fingerprint density at radius 3 is 2.25 bits per heavy atom. The molecule has 0 N–H and O–H groups in total. The van der Waals surface area contributed by atoms with Crippen molar-refractivity contribution in [1.29, 1.82) is 0 Å². The molecule has 40 heavy (non-hydrogen) atoms. The molecule has 0 atom stereocenters. The van der Waals surface area contributed by atoms with Crippen LogP contribution in [0.3, 0.4) is 0 Å². The lowest BCUT2D eigenvalue weighted by molar-refractivity contribution is -0.135. The summed E-state index contributed by atoms with van der Waals surface area (Å²) in [6.45, 7) is 6.41. The molecule has 0 spiro atoms. The number of amides is 2. The predicted molar refractivity (Wildman–Crippen MR) is 163 cm³/mol. The topological polar surface area (TPSA) is 45.6 Å². The molecule has 0 unspecified atom stereocenters. The van der Waals surface area contributed by atoms with Gasteiger partial charge in [0.15, 0.2) is 0 Å². The van der Waals surface area contributed by atoms with Crippen LogP contribution in [0, 0.1) is 0 Å². The van der Waals surface area contributed by atoms with Gasteiger partial charge in [0.2, 0.25) is 5.91 Å². The van der Waals surface area contributed by atoms with Gasteiger partial charge in [-0.05, 0) is 67.5 Å². The van der Waals surface area contributed by atoms with Crippen LogP contribution in [0.4, 0.5) is 0 Å². The Morgan fingerprint density at radius 1 is 0.825 bits per heavy atom. The van der Waals surface area contributed by atoms with Gasteiger partial charge in [0, 0.05) is 36.6 Å². The molecule has 0 bridgehead atoms. The highest BCUT2D eigenvalue weighted by Crippen LogP contribution is 2.25. The predicted octanol–water partition coefficient (Wildman–Crippen LogP) is 7.48. The Bertz CT molecular complexity index is 1180. The highest BCUT2D eigenvalue weighted by molar-refractivity contribution is 5.96. The lowest BCUT2D eigenvalue weighted by Crippen LogP contribution is -2.47. The highest BCUT2D eigenvalue weighted by atomic mass is 16.2. The maximum Gasteiger partial charge on any atom is 0.254 e. The van der Waals surface area contributed by atoms with Crippen LogP contribution >= 0.6 is 0 Å². The van der Waals surface area contributed by atoms with Gasteiger partial charge in [-0.15, -0.1) is 0 Å². The second kappa shape index (κ2) is 15.4. The molecule has 5 heteroatoms. The van der Waals surface area contributed by atoms with Crippen LogP contribution in [0.25, 0.3) is 0 Å². The smallest absolute Gasteiger partial charge is 0.254 e. The first-order valence-electron chi connectivity index (χ1n) is 15.4. The summed E-state index contributed by atoms with van der Waals surface area (Å²) in [6, 6.07) is 22.9. The fourth-order valence-electron chi connectivity index (χ4n) is 5.75. The van der Waals surface area contributed by atoms with E-state index < -0.39 is 0 Å². The quantitative estimate of drug-likeness (QED) is 0.212. The van der Waals surface area contributed by atoms with Crippen molar-refractivity contribution in [3.05, 3.63) is 95.3 Å². The van der Waals surface area contributed by atoms with Crippen molar-refractivity contribution in [3.8, 4) is 0 Å². The van der Waals surface area contributed by atoms with Crippen molar-refractivity contribution in [2.24, 2.45) is 0 Å². The van der Waals surface area contributed by atoms with E-state index in [4.69, 9.17) is 0 Å². The minimum absolute atomic E-state index is 0.0418. The average Bonchev–Trinajstić information content (AvgIpc) is 3.44. The molecule has 3 aromatic rings. The number of benzene rings is 2. The monoisotopic (exact) mass is 541 g/mol. The van der Waals surface area contributed by atoms with Gasteiger partial charge in [0.25, 0.3) is 5.91 Å². The second-order valence-corrected chi connectivity index (χ2v) is 11.3. The van der Waals surface area contributed by atoms with Crippen molar-refractivity contribution < 1.29 is 9.59 Å². The summed E-state index contributed by atoms with van der Waals surface area (Å²) in [6.07, 6.45) is 12.9. The van der Waals surface area contributed by atoms with Crippen molar-refractivity contribution in [2.75, 3.05) is 13.1 Å². The lowest BCUT2D eigenvalue weighted by Gasteiger charge is -2.36.